The van der Waals surface area contributed by atoms with E-state index in [9.17, 15) is 8.42 Å². The highest BCUT2D eigenvalue weighted by Gasteiger charge is 2.27. The van der Waals surface area contributed by atoms with Gasteiger partial charge in [0, 0.05) is 12.2 Å². The number of hydrogen-bond acceptors (Lipinski definition) is 5. The highest BCUT2D eigenvalue weighted by atomic mass is 32.2. The first-order valence-electron chi connectivity index (χ1n) is 6.35. The molecule has 0 aliphatic carbocycles. The van der Waals surface area contributed by atoms with Crippen LogP contribution < -0.4 is 0 Å². The van der Waals surface area contributed by atoms with Crippen LogP contribution in [0.1, 0.15) is 18.9 Å². The Labute approximate surface area is 121 Å². The van der Waals surface area contributed by atoms with E-state index in [1.807, 2.05) is 22.8 Å². The van der Waals surface area contributed by atoms with Crippen LogP contribution in [0.5, 0.6) is 0 Å². The van der Waals surface area contributed by atoms with Gasteiger partial charge in [0.25, 0.3) is 0 Å². The lowest BCUT2D eigenvalue weighted by Crippen LogP contribution is -2.26. The molecule has 8 heteroatoms. The molecule has 2 aromatic heterocycles. The molecule has 0 radical (unpaired) electrons. The number of H-pyrrole nitrogens is 1. The number of hydrogen-bond donors (Lipinski definition) is 1. The number of nitrogens with one attached hydrogen (secondary N) is 1. The minimum atomic E-state index is -2.89. The van der Waals surface area contributed by atoms with Crippen molar-refractivity contribution in [3.63, 3.8) is 0 Å². The van der Waals surface area contributed by atoms with Gasteiger partial charge in [0.2, 0.25) is 0 Å². The molecule has 3 rings (SSSR count). The smallest absolute Gasteiger partial charge is 0.195 e. The molecule has 20 heavy (non-hydrogen) atoms. The molecule has 0 atom stereocenters. The van der Waals surface area contributed by atoms with E-state index in [0.717, 1.165) is 5.69 Å². The summed E-state index contributed by atoms with van der Waals surface area (Å²) in [6.45, 7) is 0. The van der Waals surface area contributed by atoms with Crippen molar-refractivity contribution < 1.29 is 8.42 Å². The normalized spacial score (nSPS) is 19.0. The van der Waals surface area contributed by atoms with Gasteiger partial charge in [-0.2, -0.15) is 5.10 Å². The Morgan fingerprint density at radius 3 is 2.70 bits per heavy atom. The van der Waals surface area contributed by atoms with E-state index in [-0.39, 0.29) is 17.5 Å². The number of pyridine rings is 1. The molecule has 2 aromatic rings. The Balaban J connectivity index is 1.99. The van der Waals surface area contributed by atoms with E-state index in [1.165, 1.54) is 0 Å². The zero-order chi connectivity index (χ0) is 14.2. The topological polar surface area (TPSA) is 80.6 Å². The third-order valence-corrected chi connectivity index (χ3v) is 5.49. The van der Waals surface area contributed by atoms with Crippen LogP contribution in [0.15, 0.2) is 24.4 Å². The third-order valence-electron chi connectivity index (χ3n) is 3.49. The predicted octanol–water partition coefficient (Wildman–Crippen LogP) is 1.75. The summed E-state index contributed by atoms with van der Waals surface area (Å²) in [6, 6.07) is 5.64. The fraction of sp³-hybridized carbons (Fsp3) is 0.417. The Bertz CT molecular complexity index is 750. The largest absolute Gasteiger partial charge is 0.296 e. The van der Waals surface area contributed by atoms with Crippen molar-refractivity contribution in [2.45, 2.75) is 18.9 Å². The van der Waals surface area contributed by atoms with Crippen molar-refractivity contribution in [1.29, 1.82) is 0 Å². The van der Waals surface area contributed by atoms with Crippen LogP contribution in [0, 0.1) is 4.77 Å². The van der Waals surface area contributed by atoms with Crippen LogP contribution in [-0.2, 0) is 9.84 Å². The predicted molar refractivity (Wildman–Crippen MR) is 77.6 cm³/mol. The van der Waals surface area contributed by atoms with E-state index in [1.54, 1.807) is 6.20 Å². The van der Waals surface area contributed by atoms with Crippen LogP contribution in [0.25, 0.3) is 11.5 Å². The molecule has 0 saturated carbocycles. The van der Waals surface area contributed by atoms with E-state index in [2.05, 4.69) is 15.2 Å². The number of rotatable bonds is 2. The second-order valence-corrected chi connectivity index (χ2v) is 7.51. The Morgan fingerprint density at radius 1 is 1.30 bits per heavy atom. The SMILES string of the molecule is O=S1(=O)CCC(n2c(-c3ccccn3)n[nH]c2=S)CC1. The molecular formula is C12H14N4O2S2. The molecule has 6 nitrogen and oxygen atoms in total. The van der Waals surface area contributed by atoms with Crippen LogP contribution in [0.3, 0.4) is 0 Å². The Morgan fingerprint density at radius 2 is 2.05 bits per heavy atom. The molecule has 0 amide bonds. The molecule has 0 unspecified atom stereocenters. The summed E-state index contributed by atoms with van der Waals surface area (Å²) in [7, 11) is -2.89. The van der Waals surface area contributed by atoms with Gasteiger partial charge in [-0.25, -0.2) is 8.42 Å². The van der Waals surface area contributed by atoms with Crippen LogP contribution in [-0.4, -0.2) is 39.7 Å². The Kier molecular flexibility index (Phi) is 3.43. The van der Waals surface area contributed by atoms with Gasteiger partial charge < -0.3 is 0 Å². The van der Waals surface area contributed by atoms with Crippen molar-refractivity contribution in [3.05, 3.63) is 29.2 Å². The van der Waals surface area contributed by atoms with Gasteiger partial charge in [-0.05, 0) is 37.2 Å². The van der Waals surface area contributed by atoms with E-state index < -0.39 is 9.84 Å². The van der Waals surface area contributed by atoms with Crippen LogP contribution in [0.4, 0.5) is 0 Å². The molecule has 1 aliphatic heterocycles. The maximum Gasteiger partial charge on any atom is 0.195 e. The molecular weight excluding hydrogens is 296 g/mol. The van der Waals surface area contributed by atoms with Gasteiger partial charge in [-0.1, -0.05) is 6.07 Å². The lowest BCUT2D eigenvalue weighted by atomic mass is 10.1. The van der Waals surface area contributed by atoms with Crippen molar-refractivity contribution >= 4 is 22.1 Å². The molecule has 0 bridgehead atoms. The van der Waals surface area contributed by atoms with E-state index in [4.69, 9.17) is 12.2 Å². The van der Waals surface area contributed by atoms with E-state index in [0.29, 0.717) is 23.4 Å². The zero-order valence-corrected chi connectivity index (χ0v) is 12.3. The van der Waals surface area contributed by atoms with Gasteiger partial charge in [0.15, 0.2) is 10.6 Å². The minimum absolute atomic E-state index is 0.0572. The summed E-state index contributed by atoms with van der Waals surface area (Å²) in [5.41, 5.74) is 0.730. The number of aromatic amines is 1. The zero-order valence-electron chi connectivity index (χ0n) is 10.7. The fourth-order valence-electron chi connectivity index (χ4n) is 2.45. The molecule has 106 valence electrons. The molecule has 1 N–H and O–H groups in total. The van der Waals surface area contributed by atoms with Gasteiger partial charge in [-0.3, -0.25) is 14.6 Å². The first-order valence-corrected chi connectivity index (χ1v) is 8.58. The summed E-state index contributed by atoms with van der Waals surface area (Å²) in [5.74, 6) is 1.07. The van der Waals surface area contributed by atoms with Gasteiger partial charge in [0.1, 0.15) is 15.5 Å². The highest BCUT2D eigenvalue weighted by molar-refractivity contribution is 7.91. The number of aromatic nitrogens is 4. The summed E-state index contributed by atoms with van der Waals surface area (Å²) >= 11 is 5.28. The van der Waals surface area contributed by atoms with Crippen molar-refractivity contribution in [3.8, 4) is 11.5 Å². The van der Waals surface area contributed by atoms with Crippen LogP contribution in [0.2, 0.25) is 0 Å². The van der Waals surface area contributed by atoms with Crippen LogP contribution >= 0.6 is 12.2 Å². The number of sulfone groups is 1. The molecule has 0 aromatic carbocycles. The molecule has 0 spiro atoms. The van der Waals surface area contributed by atoms with Crippen molar-refractivity contribution in [2.75, 3.05) is 11.5 Å². The maximum absolute atomic E-state index is 11.5. The summed E-state index contributed by atoms with van der Waals surface area (Å²) in [4.78, 5) is 4.28. The van der Waals surface area contributed by atoms with Gasteiger partial charge in [-0.15, -0.1) is 0 Å². The van der Waals surface area contributed by atoms with E-state index >= 15 is 0 Å². The standard InChI is InChI=1S/C12H14N4O2S2/c17-20(18)7-4-9(5-8-20)16-11(14-15-12(16)19)10-3-1-2-6-13-10/h1-3,6,9H,4-5,7-8H2,(H,15,19). The van der Waals surface area contributed by atoms with Crippen molar-refractivity contribution in [1.82, 2.24) is 19.7 Å². The summed E-state index contributed by atoms with van der Waals surface area (Å²) in [6.07, 6.45) is 2.83. The maximum atomic E-state index is 11.5. The highest BCUT2D eigenvalue weighted by Crippen LogP contribution is 2.28. The average Bonchev–Trinajstić information content (AvgIpc) is 2.82. The third kappa shape index (κ3) is 2.53. The lowest BCUT2D eigenvalue weighted by molar-refractivity contribution is 0.448. The lowest BCUT2D eigenvalue weighted by Gasteiger charge is -2.24. The number of nitrogens with zero attached hydrogens (tertiary/aromatic N) is 3. The fourth-order valence-corrected chi connectivity index (χ4v) is 4.20. The molecule has 1 saturated heterocycles. The molecule has 1 aliphatic rings. The Hall–Kier alpha value is -1.54. The minimum Gasteiger partial charge on any atom is -0.296 e. The van der Waals surface area contributed by atoms with Gasteiger partial charge >= 0.3 is 0 Å². The van der Waals surface area contributed by atoms with Crippen molar-refractivity contribution in [2.24, 2.45) is 0 Å². The average molecular weight is 310 g/mol. The summed E-state index contributed by atoms with van der Waals surface area (Å²) in [5, 5.41) is 7.01. The first-order chi connectivity index (χ1) is 9.57. The molecule has 1 fully saturated rings. The molecule has 3 heterocycles. The monoisotopic (exact) mass is 310 g/mol. The van der Waals surface area contributed by atoms with Gasteiger partial charge in [0.05, 0.1) is 11.5 Å². The second-order valence-electron chi connectivity index (χ2n) is 4.82. The summed E-state index contributed by atoms with van der Waals surface area (Å²) < 4.78 is 25.5. The quantitative estimate of drug-likeness (QED) is 0.855. The first kappa shape index (κ1) is 13.4. The second kappa shape index (κ2) is 5.10.